The van der Waals surface area contributed by atoms with E-state index >= 15 is 0 Å². The molecule has 15 heavy (non-hydrogen) atoms. The van der Waals surface area contributed by atoms with E-state index in [9.17, 15) is 5.11 Å². The number of nitrogens with zero attached hydrogens (tertiary/aromatic N) is 3. The lowest BCUT2D eigenvalue weighted by Gasteiger charge is -2.28. The third-order valence-electron chi connectivity index (χ3n) is 3.12. The van der Waals surface area contributed by atoms with E-state index in [4.69, 9.17) is 0 Å². The van der Waals surface area contributed by atoms with E-state index in [2.05, 4.69) is 14.5 Å². The standard InChI is InChI=1S/C11H19N3O/c1-3-9(15)6-14-5-4-11-10(7-14)12-8-13(11)2/h8-9,15H,3-7H2,1-2H3/t9-/m1/s1. The quantitative estimate of drug-likeness (QED) is 0.790. The zero-order valence-electron chi connectivity index (χ0n) is 9.48. The van der Waals surface area contributed by atoms with E-state index in [-0.39, 0.29) is 6.10 Å². The Kier molecular flexibility index (Phi) is 3.07. The van der Waals surface area contributed by atoms with Gasteiger partial charge in [-0.1, -0.05) is 6.92 Å². The molecule has 84 valence electrons. The summed E-state index contributed by atoms with van der Waals surface area (Å²) >= 11 is 0. The molecule has 0 radical (unpaired) electrons. The number of hydrogen-bond donors (Lipinski definition) is 1. The van der Waals surface area contributed by atoms with Gasteiger partial charge in [-0.05, 0) is 6.42 Å². The first-order chi connectivity index (χ1) is 7.20. The summed E-state index contributed by atoms with van der Waals surface area (Å²) in [4.78, 5) is 6.66. The van der Waals surface area contributed by atoms with Gasteiger partial charge in [0.25, 0.3) is 0 Å². The molecule has 2 heterocycles. The minimum atomic E-state index is -0.199. The highest BCUT2D eigenvalue weighted by Gasteiger charge is 2.20. The minimum Gasteiger partial charge on any atom is -0.392 e. The third-order valence-corrected chi connectivity index (χ3v) is 3.12. The predicted octanol–water partition coefficient (Wildman–Crippen LogP) is 0.549. The third kappa shape index (κ3) is 2.21. The van der Waals surface area contributed by atoms with E-state index in [0.29, 0.717) is 0 Å². The number of aryl methyl sites for hydroxylation is 1. The number of fused-ring (bicyclic) bond motifs is 1. The Morgan fingerprint density at radius 2 is 2.40 bits per heavy atom. The van der Waals surface area contributed by atoms with Gasteiger partial charge in [-0.25, -0.2) is 4.98 Å². The summed E-state index contributed by atoms with van der Waals surface area (Å²) in [6.07, 6.45) is 3.55. The second kappa shape index (κ2) is 4.33. The van der Waals surface area contributed by atoms with Gasteiger partial charge in [-0.15, -0.1) is 0 Å². The van der Waals surface area contributed by atoms with Gasteiger partial charge in [0, 0.05) is 38.8 Å². The van der Waals surface area contributed by atoms with Crippen LogP contribution in [0, 0.1) is 0 Å². The van der Waals surface area contributed by atoms with Crippen molar-refractivity contribution in [1.82, 2.24) is 14.5 Å². The van der Waals surface area contributed by atoms with Crippen LogP contribution in [-0.2, 0) is 20.0 Å². The first kappa shape index (κ1) is 10.6. The van der Waals surface area contributed by atoms with Gasteiger partial charge in [0.15, 0.2) is 0 Å². The van der Waals surface area contributed by atoms with Crippen molar-refractivity contribution in [2.24, 2.45) is 7.05 Å². The highest BCUT2D eigenvalue weighted by molar-refractivity contribution is 5.16. The van der Waals surface area contributed by atoms with Gasteiger partial charge >= 0.3 is 0 Å². The fraction of sp³-hybridized carbons (Fsp3) is 0.727. The van der Waals surface area contributed by atoms with Crippen LogP contribution >= 0.6 is 0 Å². The Morgan fingerprint density at radius 3 is 3.13 bits per heavy atom. The van der Waals surface area contributed by atoms with Crippen molar-refractivity contribution >= 4 is 0 Å². The summed E-state index contributed by atoms with van der Waals surface area (Å²) in [6.45, 7) is 4.70. The van der Waals surface area contributed by atoms with E-state index < -0.39 is 0 Å². The van der Waals surface area contributed by atoms with Gasteiger partial charge in [0.05, 0.1) is 18.1 Å². The molecule has 4 nitrogen and oxygen atoms in total. The summed E-state index contributed by atoms with van der Waals surface area (Å²) < 4.78 is 2.10. The van der Waals surface area contributed by atoms with Crippen LogP contribution in [0.2, 0.25) is 0 Å². The molecule has 0 saturated heterocycles. The molecule has 4 heteroatoms. The van der Waals surface area contributed by atoms with Crippen molar-refractivity contribution in [2.75, 3.05) is 13.1 Å². The lowest BCUT2D eigenvalue weighted by atomic mass is 10.1. The van der Waals surface area contributed by atoms with Crippen molar-refractivity contribution in [1.29, 1.82) is 0 Å². The van der Waals surface area contributed by atoms with Crippen LogP contribution in [0.15, 0.2) is 6.33 Å². The molecule has 1 atom stereocenters. The lowest BCUT2D eigenvalue weighted by molar-refractivity contribution is 0.101. The molecule has 1 aromatic rings. The number of hydrogen-bond acceptors (Lipinski definition) is 3. The molecule has 0 saturated carbocycles. The monoisotopic (exact) mass is 209 g/mol. The molecule has 0 aliphatic carbocycles. The van der Waals surface area contributed by atoms with E-state index in [1.807, 2.05) is 20.3 Å². The molecule has 1 N–H and O–H groups in total. The summed E-state index contributed by atoms with van der Waals surface area (Å²) in [5.74, 6) is 0. The number of aromatic nitrogens is 2. The lowest BCUT2D eigenvalue weighted by Crippen LogP contribution is -2.36. The molecule has 2 rings (SSSR count). The largest absolute Gasteiger partial charge is 0.392 e. The summed E-state index contributed by atoms with van der Waals surface area (Å²) in [6, 6.07) is 0. The molecule has 1 aliphatic rings. The van der Waals surface area contributed by atoms with Crippen LogP contribution in [0.4, 0.5) is 0 Å². The first-order valence-corrected chi connectivity index (χ1v) is 5.60. The topological polar surface area (TPSA) is 41.3 Å². The molecule has 0 spiro atoms. The molecular formula is C11H19N3O. The number of rotatable bonds is 3. The second-order valence-corrected chi connectivity index (χ2v) is 4.30. The highest BCUT2D eigenvalue weighted by Crippen LogP contribution is 2.17. The molecule has 1 aromatic heterocycles. The second-order valence-electron chi connectivity index (χ2n) is 4.30. The zero-order chi connectivity index (χ0) is 10.8. The van der Waals surface area contributed by atoms with Gasteiger partial charge in [0.2, 0.25) is 0 Å². The maximum Gasteiger partial charge on any atom is 0.0949 e. The first-order valence-electron chi connectivity index (χ1n) is 5.60. The average molecular weight is 209 g/mol. The van der Waals surface area contributed by atoms with Crippen LogP contribution in [0.25, 0.3) is 0 Å². The maximum atomic E-state index is 9.60. The molecule has 0 fully saturated rings. The predicted molar refractivity (Wildman–Crippen MR) is 58.5 cm³/mol. The minimum absolute atomic E-state index is 0.199. The number of aliphatic hydroxyl groups is 1. The molecule has 1 aliphatic heterocycles. The molecular weight excluding hydrogens is 190 g/mol. The molecule has 0 aromatic carbocycles. The fourth-order valence-corrected chi connectivity index (χ4v) is 2.09. The highest BCUT2D eigenvalue weighted by atomic mass is 16.3. The smallest absolute Gasteiger partial charge is 0.0949 e. The van der Waals surface area contributed by atoms with Crippen molar-refractivity contribution in [3.05, 3.63) is 17.7 Å². The summed E-state index contributed by atoms with van der Waals surface area (Å²) in [5, 5.41) is 9.60. The Hall–Kier alpha value is -0.870. The maximum absolute atomic E-state index is 9.60. The zero-order valence-corrected chi connectivity index (χ0v) is 9.48. The number of β-amino-alcohol motifs (C(OH)–C–C–N with tert-alkyl or cyclic N) is 1. The molecule has 0 unspecified atom stereocenters. The average Bonchev–Trinajstić information content (AvgIpc) is 2.60. The molecule has 0 amide bonds. The van der Waals surface area contributed by atoms with Crippen molar-refractivity contribution in [3.8, 4) is 0 Å². The Bertz CT molecular complexity index is 335. The van der Waals surface area contributed by atoms with E-state index in [1.165, 1.54) is 11.4 Å². The van der Waals surface area contributed by atoms with Crippen LogP contribution in [0.3, 0.4) is 0 Å². The van der Waals surface area contributed by atoms with Crippen LogP contribution in [0.1, 0.15) is 24.7 Å². The number of imidazole rings is 1. The van der Waals surface area contributed by atoms with Crippen LogP contribution < -0.4 is 0 Å². The van der Waals surface area contributed by atoms with Gasteiger partial charge in [0.1, 0.15) is 0 Å². The normalized spacial score (nSPS) is 18.9. The SMILES string of the molecule is CC[C@@H](O)CN1CCc2c(ncn2C)C1. The van der Waals surface area contributed by atoms with E-state index in [0.717, 1.165) is 32.5 Å². The van der Waals surface area contributed by atoms with Gasteiger partial charge in [-0.2, -0.15) is 0 Å². The van der Waals surface area contributed by atoms with Gasteiger partial charge in [-0.3, -0.25) is 4.90 Å². The summed E-state index contributed by atoms with van der Waals surface area (Å²) in [7, 11) is 2.04. The van der Waals surface area contributed by atoms with Crippen molar-refractivity contribution in [2.45, 2.75) is 32.4 Å². The molecule has 0 bridgehead atoms. The fourth-order valence-electron chi connectivity index (χ4n) is 2.09. The van der Waals surface area contributed by atoms with Crippen molar-refractivity contribution in [3.63, 3.8) is 0 Å². The summed E-state index contributed by atoms with van der Waals surface area (Å²) in [5.41, 5.74) is 2.52. The van der Waals surface area contributed by atoms with Crippen LogP contribution in [-0.4, -0.2) is 38.8 Å². The Morgan fingerprint density at radius 1 is 1.60 bits per heavy atom. The van der Waals surface area contributed by atoms with Gasteiger partial charge < -0.3 is 9.67 Å². The van der Waals surface area contributed by atoms with E-state index in [1.54, 1.807) is 0 Å². The van der Waals surface area contributed by atoms with Crippen molar-refractivity contribution < 1.29 is 5.11 Å². The Balaban J connectivity index is 2.00. The number of aliphatic hydroxyl groups excluding tert-OH is 1. The Labute approximate surface area is 90.5 Å². The van der Waals surface area contributed by atoms with Crippen LogP contribution in [0.5, 0.6) is 0 Å².